The van der Waals surface area contributed by atoms with Crippen molar-refractivity contribution in [3.8, 4) is 5.75 Å². The van der Waals surface area contributed by atoms with E-state index in [1.165, 1.54) is 0 Å². The average molecular weight is 358 g/mol. The maximum absolute atomic E-state index is 14.1. The van der Waals surface area contributed by atoms with Crippen LogP contribution in [-0.4, -0.2) is 41.7 Å². The Morgan fingerprint density at radius 3 is 2.81 bits per heavy atom. The standard InChI is InChI=1S/C20H23FN2O3/c1-14-3-2-4-18(20(14)21)22-16-9-10-23(11-16)19(25)13-26-17-7-5-15(12-24)6-8-17/h2-8,16,22,24H,9-13H2,1H3. The fourth-order valence-electron chi connectivity index (χ4n) is 3.01. The largest absolute Gasteiger partial charge is 0.484 e. The molecule has 2 aromatic rings. The van der Waals surface area contributed by atoms with Crippen molar-refractivity contribution < 1.29 is 19.0 Å². The highest BCUT2D eigenvalue weighted by Gasteiger charge is 2.27. The molecular formula is C20H23FN2O3. The van der Waals surface area contributed by atoms with E-state index in [0.29, 0.717) is 30.1 Å². The highest BCUT2D eigenvalue weighted by atomic mass is 19.1. The first-order chi connectivity index (χ1) is 12.6. The Morgan fingerprint density at radius 1 is 1.31 bits per heavy atom. The van der Waals surface area contributed by atoms with Crippen LogP contribution in [0, 0.1) is 12.7 Å². The molecule has 0 radical (unpaired) electrons. The number of halogens is 1. The molecule has 2 aromatic carbocycles. The number of anilines is 1. The van der Waals surface area contributed by atoms with Gasteiger partial charge in [-0.15, -0.1) is 0 Å². The molecule has 1 atom stereocenters. The van der Waals surface area contributed by atoms with Crippen LogP contribution in [0.5, 0.6) is 5.75 Å². The molecule has 0 aromatic heterocycles. The Hall–Kier alpha value is -2.60. The number of ether oxygens (including phenoxy) is 1. The molecule has 0 bridgehead atoms. The summed E-state index contributed by atoms with van der Waals surface area (Å²) >= 11 is 0. The third-order valence-corrected chi connectivity index (χ3v) is 4.56. The molecule has 1 saturated heterocycles. The van der Waals surface area contributed by atoms with Crippen LogP contribution in [0.3, 0.4) is 0 Å². The van der Waals surface area contributed by atoms with Gasteiger partial charge in [0.2, 0.25) is 0 Å². The van der Waals surface area contributed by atoms with E-state index < -0.39 is 0 Å². The second-order valence-electron chi connectivity index (χ2n) is 6.50. The van der Waals surface area contributed by atoms with Crippen molar-refractivity contribution in [2.24, 2.45) is 0 Å². The average Bonchev–Trinajstić information content (AvgIpc) is 3.12. The zero-order valence-corrected chi connectivity index (χ0v) is 14.7. The van der Waals surface area contributed by atoms with Gasteiger partial charge in [-0.05, 0) is 42.7 Å². The first-order valence-corrected chi connectivity index (χ1v) is 8.69. The number of aliphatic hydroxyl groups is 1. The topological polar surface area (TPSA) is 61.8 Å². The number of hydrogen-bond donors (Lipinski definition) is 2. The van der Waals surface area contributed by atoms with Gasteiger partial charge in [0, 0.05) is 19.1 Å². The quantitative estimate of drug-likeness (QED) is 0.834. The Bertz CT molecular complexity index is 764. The number of carbonyl (C=O) groups is 1. The van der Waals surface area contributed by atoms with Crippen LogP contribution in [0.1, 0.15) is 17.5 Å². The van der Waals surface area contributed by atoms with E-state index in [-0.39, 0.29) is 31.0 Å². The van der Waals surface area contributed by atoms with Crippen molar-refractivity contribution in [2.45, 2.75) is 26.0 Å². The molecule has 1 heterocycles. The molecule has 0 spiro atoms. The van der Waals surface area contributed by atoms with Crippen LogP contribution < -0.4 is 10.1 Å². The first kappa shape index (κ1) is 18.2. The highest BCUT2D eigenvalue weighted by Crippen LogP contribution is 2.21. The Balaban J connectivity index is 1.49. The fraction of sp³-hybridized carbons (Fsp3) is 0.350. The van der Waals surface area contributed by atoms with Gasteiger partial charge < -0.3 is 20.1 Å². The lowest BCUT2D eigenvalue weighted by molar-refractivity contribution is -0.132. The number of nitrogens with one attached hydrogen (secondary N) is 1. The molecular weight excluding hydrogens is 335 g/mol. The predicted molar refractivity (Wildman–Crippen MR) is 97.6 cm³/mol. The molecule has 138 valence electrons. The van der Waals surface area contributed by atoms with Crippen LogP contribution in [0.25, 0.3) is 0 Å². The molecule has 1 amide bonds. The van der Waals surface area contributed by atoms with Gasteiger partial charge in [0.25, 0.3) is 5.91 Å². The minimum Gasteiger partial charge on any atom is -0.484 e. The number of likely N-dealkylation sites (tertiary alicyclic amines) is 1. The number of aryl methyl sites for hydroxylation is 1. The van der Waals surface area contributed by atoms with E-state index in [1.54, 1.807) is 48.2 Å². The van der Waals surface area contributed by atoms with Gasteiger partial charge in [0.1, 0.15) is 11.6 Å². The van der Waals surface area contributed by atoms with E-state index in [0.717, 1.165) is 12.0 Å². The molecule has 1 unspecified atom stereocenters. The number of aliphatic hydroxyl groups excluding tert-OH is 1. The van der Waals surface area contributed by atoms with Crippen molar-refractivity contribution >= 4 is 11.6 Å². The summed E-state index contributed by atoms with van der Waals surface area (Å²) in [6.07, 6.45) is 0.768. The lowest BCUT2D eigenvalue weighted by atomic mass is 10.2. The third kappa shape index (κ3) is 4.32. The van der Waals surface area contributed by atoms with E-state index in [4.69, 9.17) is 9.84 Å². The highest BCUT2D eigenvalue weighted by molar-refractivity contribution is 5.78. The second-order valence-corrected chi connectivity index (χ2v) is 6.50. The van der Waals surface area contributed by atoms with Crippen molar-refractivity contribution in [3.05, 3.63) is 59.4 Å². The summed E-state index contributed by atoms with van der Waals surface area (Å²) in [5.74, 6) is 0.253. The number of nitrogens with zero attached hydrogens (tertiary/aromatic N) is 1. The van der Waals surface area contributed by atoms with Gasteiger partial charge in [0.15, 0.2) is 6.61 Å². The maximum Gasteiger partial charge on any atom is 0.260 e. The summed E-state index contributed by atoms with van der Waals surface area (Å²) in [7, 11) is 0. The van der Waals surface area contributed by atoms with Gasteiger partial charge in [-0.2, -0.15) is 0 Å². The monoisotopic (exact) mass is 358 g/mol. The summed E-state index contributed by atoms with van der Waals surface area (Å²) in [5, 5.41) is 12.2. The normalized spacial score (nSPS) is 16.6. The molecule has 1 fully saturated rings. The predicted octanol–water partition coefficient (Wildman–Crippen LogP) is 2.72. The lowest BCUT2D eigenvalue weighted by Crippen LogP contribution is -2.35. The van der Waals surface area contributed by atoms with Crippen LogP contribution >= 0.6 is 0 Å². The molecule has 3 rings (SSSR count). The maximum atomic E-state index is 14.1. The summed E-state index contributed by atoms with van der Waals surface area (Å²) in [5.41, 5.74) is 1.87. The van der Waals surface area contributed by atoms with Crippen molar-refractivity contribution in [1.29, 1.82) is 0 Å². The summed E-state index contributed by atoms with van der Waals surface area (Å²) < 4.78 is 19.6. The Morgan fingerprint density at radius 2 is 2.08 bits per heavy atom. The zero-order valence-electron chi connectivity index (χ0n) is 14.7. The molecule has 1 aliphatic heterocycles. The van der Waals surface area contributed by atoms with Crippen LogP contribution in [0.15, 0.2) is 42.5 Å². The second kappa shape index (κ2) is 8.19. The van der Waals surface area contributed by atoms with E-state index >= 15 is 0 Å². The van der Waals surface area contributed by atoms with E-state index in [2.05, 4.69) is 5.32 Å². The van der Waals surface area contributed by atoms with Crippen LogP contribution in [0.4, 0.5) is 10.1 Å². The van der Waals surface area contributed by atoms with Gasteiger partial charge in [0.05, 0.1) is 12.3 Å². The first-order valence-electron chi connectivity index (χ1n) is 8.69. The molecule has 6 heteroatoms. The van der Waals surface area contributed by atoms with Crippen LogP contribution in [0.2, 0.25) is 0 Å². The molecule has 1 aliphatic rings. The molecule has 2 N–H and O–H groups in total. The van der Waals surface area contributed by atoms with Gasteiger partial charge >= 0.3 is 0 Å². The summed E-state index contributed by atoms with van der Waals surface area (Å²) in [6.45, 7) is 2.82. The molecule has 0 aliphatic carbocycles. The molecule has 5 nitrogen and oxygen atoms in total. The Kier molecular flexibility index (Phi) is 5.73. The number of carbonyl (C=O) groups excluding carboxylic acids is 1. The molecule has 0 saturated carbocycles. The Labute approximate surface area is 152 Å². The number of amides is 1. The minimum atomic E-state index is -0.244. The fourth-order valence-corrected chi connectivity index (χ4v) is 3.01. The smallest absolute Gasteiger partial charge is 0.260 e. The van der Waals surface area contributed by atoms with Gasteiger partial charge in [-0.25, -0.2) is 4.39 Å². The van der Waals surface area contributed by atoms with Crippen molar-refractivity contribution in [3.63, 3.8) is 0 Å². The van der Waals surface area contributed by atoms with Crippen molar-refractivity contribution in [2.75, 3.05) is 25.0 Å². The lowest BCUT2D eigenvalue weighted by Gasteiger charge is -2.18. The van der Waals surface area contributed by atoms with Crippen LogP contribution in [-0.2, 0) is 11.4 Å². The SMILES string of the molecule is Cc1cccc(NC2CCN(C(=O)COc3ccc(CO)cc3)C2)c1F. The van der Waals surface area contributed by atoms with E-state index in [1.807, 2.05) is 6.07 Å². The number of benzene rings is 2. The van der Waals surface area contributed by atoms with E-state index in [9.17, 15) is 9.18 Å². The van der Waals surface area contributed by atoms with Crippen molar-refractivity contribution in [1.82, 2.24) is 4.90 Å². The van der Waals surface area contributed by atoms with Gasteiger partial charge in [-0.3, -0.25) is 4.79 Å². The van der Waals surface area contributed by atoms with Gasteiger partial charge in [-0.1, -0.05) is 24.3 Å². The zero-order chi connectivity index (χ0) is 18.5. The third-order valence-electron chi connectivity index (χ3n) is 4.56. The molecule has 26 heavy (non-hydrogen) atoms. The number of hydrogen-bond acceptors (Lipinski definition) is 4. The number of rotatable bonds is 6. The minimum absolute atomic E-state index is 0.0249. The summed E-state index contributed by atoms with van der Waals surface area (Å²) in [6, 6.07) is 12.3. The summed E-state index contributed by atoms with van der Waals surface area (Å²) in [4.78, 5) is 14.0.